The molecule has 4 rings (SSSR count). The molecule has 1 aliphatic rings. The zero-order chi connectivity index (χ0) is 23.0. The maximum Gasteiger partial charge on any atom is 0.349 e. The van der Waals surface area contributed by atoms with Crippen molar-refractivity contribution in [2.45, 2.75) is 6.42 Å². The van der Waals surface area contributed by atoms with Crippen molar-refractivity contribution in [2.75, 3.05) is 13.3 Å². The molecule has 2 heterocycles. The summed E-state index contributed by atoms with van der Waals surface area (Å²) in [4.78, 5) is 39.3. The molecule has 0 fully saturated rings. The highest BCUT2D eigenvalue weighted by Gasteiger charge is 2.24. The van der Waals surface area contributed by atoms with Crippen LogP contribution in [0.4, 0.5) is 0 Å². The number of aromatic nitrogens is 3. The maximum absolute atomic E-state index is 12.3. The van der Waals surface area contributed by atoms with E-state index in [1.54, 1.807) is 24.3 Å². The molecule has 0 aliphatic carbocycles. The zero-order valence-corrected chi connectivity index (χ0v) is 17.6. The van der Waals surface area contributed by atoms with Gasteiger partial charge >= 0.3 is 5.69 Å². The Morgan fingerprint density at radius 2 is 1.91 bits per heavy atom. The van der Waals surface area contributed by atoms with Crippen LogP contribution in [0.1, 0.15) is 21.6 Å². The van der Waals surface area contributed by atoms with Crippen molar-refractivity contribution >= 4 is 29.1 Å². The lowest BCUT2D eigenvalue weighted by molar-refractivity contribution is 0.0535. The maximum atomic E-state index is 12.3. The van der Waals surface area contributed by atoms with Crippen LogP contribution in [0.3, 0.4) is 0 Å². The first-order chi connectivity index (χ1) is 15.3. The lowest BCUT2D eigenvalue weighted by Crippen LogP contribution is -2.38. The van der Waals surface area contributed by atoms with Crippen molar-refractivity contribution < 1.29 is 14.6 Å². The zero-order valence-electron chi connectivity index (χ0n) is 16.1. The largest absolute Gasteiger partial charge is 0.454 e. The summed E-state index contributed by atoms with van der Waals surface area (Å²) in [5.41, 5.74) is -0.924. The minimum Gasteiger partial charge on any atom is -0.454 e. The number of halogens is 2. The number of fused-ring (bicyclic) bond motifs is 1. The molecule has 162 valence electrons. The Bertz CT molecular complexity index is 1390. The summed E-state index contributed by atoms with van der Waals surface area (Å²) in [5, 5.41) is 22.0. The highest BCUT2D eigenvalue weighted by Crippen LogP contribution is 2.38. The second-order valence-electron chi connectivity index (χ2n) is 6.75. The number of carbonyl (C=O) groups is 1. The molecule has 0 atom stereocenters. The molecular weight excluding hydrogens is 461 g/mol. The molecule has 12 heteroatoms. The Hall–Kier alpha value is -3.65. The number of ether oxygens (including phenoxy) is 1. The molecule has 0 saturated heterocycles. The van der Waals surface area contributed by atoms with E-state index in [4.69, 9.17) is 33.2 Å². The first-order valence-corrected chi connectivity index (χ1v) is 9.92. The van der Waals surface area contributed by atoms with Gasteiger partial charge in [-0.1, -0.05) is 23.2 Å². The minimum absolute atomic E-state index is 0.0474. The molecule has 10 nitrogen and oxygen atoms in total. The van der Waals surface area contributed by atoms with Gasteiger partial charge in [-0.15, -0.1) is 5.10 Å². The first kappa shape index (κ1) is 21.6. The van der Waals surface area contributed by atoms with Crippen LogP contribution in [0.25, 0.3) is 5.69 Å². The Balaban J connectivity index is 1.68. The fraction of sp³-hybridized carbons (Fsp3) is 0.150. The number of aliphatic hydroxyl groups is 1. The second kappa shape index (κ2) is 8.47. The van der Waals surface area contributed by atoms with Crippen LogP contribution in [0, 0.1) is 11.3 Å². The predicted octanol–water partition coefficient (Wildman–Crippen LogP) is 1.84. The number of benzene rings is 2. The topological polar surface area (TPSA) is 141 Å². The van der Waals surface area contributed by atoms with Gasteiger partial charge in [0, 0.05) is 12.1 Å². The Morgan fingerprint density at radius 3 is 2.56 bits per heavy atom. The van der Waals surface area contributed by atoms with E-state index in [0.717, 1.165) is 10.2 Å². The Labute approximate surface area is 189 Å². The van der Waals surface area contributed by atoms with E-state index < -0.39 is 16.9 Å². The number of carbonyl (C=O) groups excluding carboxylic acids is 1. The third-order valence-corrected chi connectivity index (χ3v) is 5.36. The summed E-state index contributed by atoms with van der Waals surface area (Å²) < 4.78 is 6.61. The molecule has 1 aromatic heterocycles. The van der Waals surface area contributed by atoms with Gasteiger partial charge in [-0.2, -0.15) is 9.94 Å². The van der Waals surface area contributed by atoms with Crippen molar-refractivity contribution in [1.29, 1.82) is 5.26 Å². The molecule has 0 saturated carbocycles. The molecule has 2 aromatic carbocycles. The van der Waals surface area contributed by atoms with Gasteiger partial charge in [0.05, 0.1) is 15.7 Å². The lowest BCUT2D eigenvalue weighted by atomic mass is 9.99. The number of aliphatic hydroxyl groups excluding tert-OH is 1. The van der Waals surface area contributed by atoms with Crippen molar-refractivity contribution in [3.63, 3.8) is 0 Å². The summed E-state index contributed by atoms with van der Waals surface area (Å²) in [7, 11) is 0. The van der Waals surface area contributed by atoms with Crippen LogP contribution >= 0.6 is 23.2 Å². The molecule has 3 aromatic rings. The number of rotatable bonds is 4. The third kappa shape index (κ3) is 3.85. The lowest BCUT2D eigenvalue weighted by Gasteiger charge is -2.26. The number of H-pyrrole nitrogens is 1. The minimum atomic E-state index is -0.904. The fourth-order valence-electron chi connectivity index (χ4n) is 3.24. The van der Waals surface area contributed by atoms with Gasteiger partial charge in [0.1, 0.15) is 18.5 Å². The van der Waals surface area contributed by atoms with Gasteiger partial charge in [0.2, 0.25) is 5.69 Å². The first-order valence-electron chi connectivity index (χ1n) is 9.16. The van der Waals surface area contributed by atoms with Crippen LogP contribution < -0.4 is 16.0 Å². The van der Waals surface area contributed by atoms with E-state index in [9.17, 15) is 19.5 Å². The summed E-state index contributed by atoms with van der Waals surface area (Å²) in [6, 6.07) is 9.14. The summed E-state index contributed by atoms with van der Waals surface area (Å²) in [6.45, 7) is 0.0325. The predicted molar refractivity (Wildman–Crippen MR) is 114 cm³/mol. The molecule has 1 amide bonds. The molecule has 2 N–H and O–H groups in total. The van der Waals surface area contributed by atoms with Crippen LogP contribution in [-0.2, 0) is 6.42 Å². The monoisotopic (exact) mass is 473 g/mol. The van der Waals surface area contributed by atoms with Crippen LogP contribution in [0.15, 0.2) is 39.9 Å². The van der Waals surface area contributed by atoms with Gasteiger partial charge < -0.3 is 14.7 Å². The van der Waals surface area contributed by atoms with Crippen molar-refractivity contribution in [3.05, 3.63) is 78.0 Å². The molecule has 0 spiro atoms. The highest BCUT2D eigenvalue weighted by molar-refractivity contribution is 6.37. The summed E-state index contributed by atoms with van der Waals surface area (Å²) in [6.07, 6.45) is 0.543. The number of nitrogens with zero attached hydrogens (tertiary/aromatic N) is 4. The number of aromatic amines is 1. The second-order valence-corrected chi connectivity index (χ2v) is 7.57. The van der Waals surface area contributed by atoms with Crippen molar-refractivity contribution in [3.8, 4) is 23.3 Å². The van der Waals surface area contributed by atoms with E-state index in [-0.39, 0.29) is 34.1 Å². The summed E-state index contributed by atoms with van der Waals surface area (Å²) >= 11 is 12.6. The molecule has 0 radical (unpaired) electrons. The standard InChI is InChI=1S/C20H13Cl2N5O5/c21-14-6-11(27-20(31)24-18(29)16(8-23)25-27)7-15(22)17(14)32-12-1-2-13-10(5-12)3-4-26(9-28)19(13)30/h1-2,5-7,28H,3-4,9H2,(H,24,29,31). The smallest absolute Gasteiger partial charge is 0.349 e. The Kier molecular flexibility index (Phi) is 5.71. The van der Waals surface area contributed by atoms with Gasteiger partial charge in [-0.05, 0) is 42.3 Å². The Morgan fingerprint density at radius 1 is 1.19 bits per heavy atom. The molecule has 32 heavy (non-hydrogen) atoms. The number of nitriles is 1. The third-order valence-electron chi connectivity index (χ3n) is 4.80. The van der Waals surface area contributed by atoms with Crippen LogP contribution in [-0.4, -0.2) is 44.0 Å². The highest BCUT2D eigenvalue weighted by atomic mass is 35.5. The van der Waals surface area contributed by atoms with E-state index in [1.165, 1.54) is 17.0 Å². The van der Waals surface area contributed by atoms with E-state index in [1.807, 2.05) is 4.98 Å². The molecular formula is C20H13Cl2N5O5. The van der Waals surface area contributed by atoms with Gasteiger partial charge in [0.25, 0.3) is 11.5 Å². The van der Waals surface area contributed by atoms with Gasteiger partial charge in [-0.3, -0.25) is 14.6 Å². The van der Waals surface area contributed by atoms with E-state index in [2.05, 4.69) is 5.10 Å². The quantitative estimate of drug-likeness (QED) is 0.588. The number of hydrogen-bond donors (Lipinski definition) is 2. The van der Waals surface area contributed by atoms with E-state index in [0.29, 0.717) is 24.3 Å². The molecule has 0 unspecified atom stereocenters. The number of nitrogens with one attached hydrogen (secondary N) is 1. The molecule has 0 bridgehead atoms. The van der Waals surface area contributed by atoms with Crippen LogP contribution in [0.2, 0.25) is 10.0 Å². The SMILES string of the molecule is N#Cc1nn(-c2cc(Cl)c(Oc3ccc4c(c3)CCN(CO)C4=O)c(Cl)c2)c(=O)[nH]c1=O. The molecule has 1 aliphatic heterocycles. The summed E-state index contributed by atoms with van der Waals surface area (Å²) in [5.74, 6) is 0.224. The van der Waals surface area contributed by atoms with Crippen molar-refractivity contribution in [2.24, 2.45) is 0 Å². The van der Waals surface area contributed by atoms with Gasteiger partial charge in [0.15, 0.2) is 5.75 Å². The van der Waals surface area contributed by atoms with Crippen molar-refractivity contribution in [1.82, 2.24) is 19.7 Å². The normalized spacial score (nSPS) is 12.9. The number of hydrogen-bond acceptors (Lipinski definition) is 7. The average molecular weight is 474 g/mol. The average Bonchev–Trinajstić information content (AvgIpc) is 2.76. The van der Waals surface area contributed by atoms with Gasteiger partial charge in [-0.25, -0.2) is 4.79 Å². The van der Waals surface area contributed by atoms with E-state index >= 15 is 0 Å². The van der Waals surface area contributed by atoms with Crippen LogP contribution in [0.5, 0.6) is 11.5 Å². The number of amides is 1. The fourth-order valence-corrected chi connectivity index (χ4v) is 3.80.